The summed E-state index contributed by atoms with van der Waals surface area (Å²) in [6.45, 7) is 4.70. The smallest absolute Gasteiger partial charge is 0.268 e. The number of carbonyl (C=O) groups excluding carboxylic acids is 1. The third-order valence-corrected chi connectivity index (χ3v) is 15.1. The van der Waals surface area contributed by atoms with Crippen LogP contribution in [-0.2, 0) is 18.4 Å². The van der Waals surface area contributed by atoms with Crippen LogP contribution in [-0.4, -0.2) is 68.5 Å². The minimum Gasteiger partial charge on any atom is -0.756 e. The van der Waals surface area contributed by atoms with Gasteiger partial charge in [0.15, 0.2) is 0 Å². The quantitative estimate of drug-likeness (QED) is 0.0272. The van der Waals surface area contributed by atoms with Gasteiger partial charge >= 0.3 is 0 Å². The third-order valence-electron chi connectivity index (χ3n) is 14.2. The highest BCUT2D eigenvalue weighted by Gasteiger charge is 2.23. The van der Waals surface area contributed by atoms with E-state index in [1.807, 2.05) is 27.2 Å². The second-order valence-corrected chi connectivity index (χ2v) is 23.8. The van der Waals surface area contributed by atoms with Gasteiger partial charge in [-0.1, -0.05) is 282 Å². The van der Waals surface area contributed by atoms with Crippen LogP contribution in [0.1, 0.15) is 309 Å². The minimum absolute atomic E-state index is 0.00153. The van der Waals surface area contributed by atoms with Crippen LogP contribution >= 0.6 is 7.82 Å². The number of carbonyl (C=O) groups is 1. The van der Waals surface area contributed by atoms with Crippen molar-refractivity contribution in [1.82, 2.24) is 5.32 Å². The normalized spacial score (nSPS) is 14.0. The highest BCUT2D eigenvalue weighted by Crippen LogP contribution is 2.38. The molecule has 8 nitrogen and oxygen atoms in total. The van der Waals surface area contributed by atoms with Gasteiger partial charge in [0.1, 0.15) is 13.2 Å². The van der Waals surface area contributed by atoms with Crippen molar-refractivity contribution < 1.29 is 32.9 Å². The van der Waals surface area contributed by atoms with Gasteiger partial charge in [0.25, 0.3) is 7.82 Å². The molecule has 0 aliphatic heterocycles. The van der Waals surface area contributed by atoms with Crippen molar-refractivity contribution in [2.24, 2.45) is 0 Å². The van der Waals surface area contributed by atoms with E-state index in [1.165, 1.54) is 250 Å². The lowest BCUT2D eigenvalue weighted by Crippen LogP contribution is -2.45. The molecule has 0 bridgehead atoms. The Labute approximate surface area is 436 Å². The maximum Gasteiger partial charge on any atom is 0.268 e. The molecule has 0 aliphatic carbocycles. The van der Waals surface area contributed by atoms with Gasteiger partial charge in [-0.15, -0.1) is 0 Å². The average Bonchev–Trinajstić information content (AvgIpc) is 3.32. The zero-order valence-corrected chi connectivity index (χ0v) is 48.4. The molecule has 9 heteroatoms. The second-order valence-electron chi connectivity index (χ2n) is 22.4. The maximum absolute atomic E-state index is 13.0. The number of hydrogen-bond acceptors (Lipinski definition) is 6. The van der Waals surface area contributed by atoms with Gasteiger partial charge in [-0.2, -0.15) is 0 Å². The Morgan fingerprint density at radius 1 is 0.486 bits per heavy atom. The SMILES string of the molecule is CCCCCCCCCC/C=C\CCCCCCCCCCCCCCCCCCCC(=O)NC(COP(=O)([O-])OCC[N+](C)(C)C)C(O)/C=C/CCCCCCCCCCCCCCCCCCC. The molecule has 0 rings (SSSR count). The molecule has 0 heterocycles. The molecule has 416 valence electrons. The van der Waals surface area contributed by atoms with E-state index in [-0.39, 0.29) is 19.1 Å². The Bertz CT molecular complexity index is 1190. The van der Waals surface area contributed by atoms with Crippen molar-refractivity contribution in [1.29, 1.82) is 0 Å². The Morgan fingerprint density at radius 3 is 1.11 bits per heavy atom. The minimum atomic E-state index is -4.59. The van der Waals surface area contributed by atoms with E-state index in [1.54, 1.807) is 6.08 Å². The van der Waals surface area contributed by atoms with Crippen molar-refractivity contribution >= 4 is 13.7 Å². The first-order valence-corrected chi connectivity index (χ1v) is 32.2. The highest BCUT2D eigenvalue weighted by molar-refractivity contribution is 7.45. The first-order valence-electron chi connectivity index (χ1n) is 30.7. The van der Waals surface area contributed by atoms with Crippen molar-refractivity contribution in [3.8, 4) is 0 Å². The first-order chi connectivity index (χ1) is 34.0. The van der Waals surface area contributed by atoms with Crippen molar-refractivity contribution in [2.45, 2.75) is 321 Å². The van der Waals surface area contributed by atoms with E-state index < -0.39 is 20.0 Å². The molecular weight excluding hydrogens is 888 g/mol. The number of allylic oxidation sites excluding steroid dienone is 3. The molecule has 1 amide bonds. The van der Waals surface area contributed by atoms with Gasteiger partial charge in [-0.25, -0.2) is 0 Å². The molecule has 3 unspecified atom stereocenters. The van der Waals surface area contributed by atoms with Crippen LogP contribution in [0.5, 0.6) is 0 Å². The maximum atomic E-state index is 13.0. The molecule has 0 aliphatic rings. The molecule has 0 fully saturated rings. The van der Waals surface area contributed by atoms with Crippen LogP contribution in [0.4, 0.5) is 0 Å². The van der Waals surface area contributed by atoms with E-state index in [0.29, 0.717) is 17.4 Å². The standard InChI is InChI=1S/C61H121N2O6P/c1-6-8-10-12-14-16-18-20-22-24-26-27-28-29-30-31-32-33-34-35-37-39-41-43-45-47-49-51-53-55-61(65)62-59(58-69-70(66,67)68-57-56-63(3,4)5)60(64)54-52-50-48-46-44-42-40-38-36-25-23-21-19-17-15-13-11-9-7-2/h24,26,52,54,59-60,64H,6-23,25,27-51,53,55-58H2,1-5H3,(H-,62,65,66,67)/b26-24-,54-52+. The monoisotopic (exact) mass is 1010 g/mol. The van der Waals surface area contributed by atoms with E-state index in [0.717, 1.165) is 38.5 Å². The molecule has 0 radical (unpaired) electrons. The van der Waals surface area contributed by atoms with Crippen molar-refractivity contribution in [2.75, 3.05) is 40.9 Å². The number of likely N-dealkylation sites (N-methyl/N-ethyl adjacent to an activating group) is 1. The number of nitrogens with one attached hydrogen (secondary N) is 1. The molecule has 70 heavy (non-hydrogen) atoms. The summed E-state index contributed by atoms with van der Waals surface area (Å²) in [7, 11) is 1.28. The van der Waals surface area contributed by atoms with Gasteiger partial charge in [0, 0.05) is 6.42 Å². The van der Waals surface area contributed by atoms with Crippen LogP contribution in [0, 0.1) is 0 Å². The largest absolute Gasteiger partial charge is 0.756 e. The highest BCUT2D eigenvalue weighted by atomic mass is 31.2. The fourth-order valence-corrected chi connectivity index (χ4v) is 10.1. The van der Waals surface area contributed by atoms with E-state index >= 15 is 0 Å². The summed E-state index contributed by atoms with van der Waals surface area (Å²) in [6, 6.07) is -0.884. The van der Waals surface area contributed by atoms with Crippen LogP contribution in [0.15, 0.2) is 24.3 Å². The number of quaternary nitrogens is 1. The van der Waals surface area contributed by atoms with Gasteiger partial charge in [0.05, 0.1) is 39.9 Å². The Morgan fingerprint density at radius 2 is 0.786 bits per heavy atom. The molecule has 0 aromatic carbocycles. The van der Waals surface area contributed by atoms with Crippen LogP contribution in [0.2, 0.25) is 0 Å². The number of hydrogen-bond donors (Lipinski definition) is 2. The van der Waals surface area contributed by atoms with Crippen molar-refractivity contribution in [3.63, 3.8) is 0 Å². The Balaban J connectivity index is 4.10. The lowest BCUT2D eigenvalue weighted by molar-refractivity contribution is -0.870. The molecule has 0 saturated carbocycles. The predicted octanol–water partition coefficient (Wildman–Crippen LogP) is 18.1. The van der Waals surface area contributed by atoms with E-state index in [4.69, 9.17) is 9.05 Å². The molecule has 0 aromatic heterocycles. The third kappa shape index (κ3) is 54.7. The number of amides is 1. The average molecular weight is 1010 g/mol. The molecular formula is C61H121N2O6P. The van der Waals surface area contributed by atoms with Crippen molar-refractivity contribution in [3.05, 3.63) is 24.3 Å². The van der Waals surface area contributed by atoms with Gasteiger partial charge < -0.3 is 28.8 Å². The molecule has 3 atom stereocenters. The topological polar surface area (TPSA) is 108 Å². The van der Waals surface area contributed by atoms with Gasteiger partial charge in [-0.3, -0.25) is 9.36 Å². The first kappa shape index (κ1) is 69.0. The summed E-state index contributed by atoms with van der Waals surface area (Å²) in [5.41, 5.74) is 0. The van der Waals surface area contributed by atoms with E-state index in [2.05, 4.69) is 31.3 Å². The predicted molar refractivity (Wildman–Crippen MR) is 302 cm³/mol. The Hall–Kier alpha value is -1.02. The van der Waals surface area contributed by atoms with Crippen LogP contribution in [0.3, 0.4) is 0 Å². The number of nitrogens with zero attached hydrogens (tertiary/aromatic N) is 1. The second kappa shape index (κ2) is 52.8. The number of phosphoric ester groups is 1. The lowest BCUT2D eigenvalue weighted by Gasteiger charge is -2.29. The molecule has 0 saturated heterocycles. The summed E-state index contributed by atoms with van der Waals surface area (Å²) >= 11 is 0. The number of aliphatic hydroxyl groups excluding tert-OH is 1. The summed E-state index contributed by atoms with van der Waals surface area (Å²) < 4.78 is 23.4. The Kier molecular flexibility index (Phi) is 52.1. The lowest BCUT2D eigenvalue weighted by atomic mass is 10.0. The summed E-state index contributed by atoms with van der Waals surface area (Å²) in [5.74, 6) is -0.191. The van der Waals surface area contributed by atoms with E-state index in [9.17, 15) is 19.4 Å². The zero-order chi connectivity index (χ0) is 51.3. The summed E-state index contributed by atoms with van der Waals surface area (Å²) in [4.78, 5) is 25.5. The fourth-order valence-electron chi connectivity index (χ4n) is 9.33. The molecule has 0 aromatic rings. The van der Waals surface area contributed by atoms with Gasteiger partial charge in [0.2, 0.25) is 5.91 Å². The van der Waals surface area contributed by atoms with Crippen LogP contribution in [0.25, 0.3) is 0 Å². The fraction of sp³-hybridized carbons (Fsp3) is 0.918. The summed E-state index contributed by atoms with van der Waals surface area (Å²) in [6.07, 6.45) is 66.9. The number of aliphatic hydroxyl groups is 1. The molecule has 2 N–H and O–H groups in total. The zero-order valence-electron chi connectivity index (χ0n) is 47.5. The van der Waals surface area contributed by atoms with Crippen LogP contribution < -0.4 is 10.2 Å². The number of unbranched alkanes of at least 4 members (excludes halogenated alkanes) is 42. The van der Waals surface area contributed by atoms with Gasteiger partial charge in [-0.05, 0) is 44.9 Å². The molecule has 0 spiro atoms. The summed E-state index contributed by atoms with van der Waals surface area (Å²) in [5, 5.41) is 13.9. The number of phosphoric acid groups is 1. The number of rotatable bonds is 57.